The van der Waals surface area contributed by atoms with Crippen LogP contribution in [-0.4, -0.2) is 27.6 Å². The van der Waals surface area contributed by atoms with Crippen molar-refractivity contribution in [1.82, 2.24) is 14.9 Å². The molecule has 3 aromatic rings. The Morgan fingerprint density at radius 3 is 2.46 bits per heavy atom. The van der Waals surface area contributed by atoms with Crippen LogP contribution in [0.15, 0.2) is 59.4 Å². The summed E-state index contributed by atoms with van der Waals surface area (Å²) in [6.07, 6.45) is 0.348. The third kappa shape index (κ3) is 3.21. The zero-order valence-electron chi connectivity index (χ0n) is 14.6. The number of hydrogen-bond acceptors (Lipinski definition) is 4. The van der Waals surface area contributed by atoms with E-state index in [0.717, 1.165) is 16.7 Å². The van der Waals surface area contributed by atoms with Gasteiger partial charge in [0.05, 0.1) is 0 Å². The highest BCUT2D eigenvalue weighted by Gasteiger charge is 2.19. The molecule has 0 aliphatic carbocycles. The maximum Gasteiger partial charge on any atom is 0.296 e. The predicted molar refractivity (Wildman–Crippen MR) is 99.2 cm³/mol. The molecule has 2 N–H and O–H groups in total. The molecule has 6 nitrogen and oxygen atoms in total. The molecule has 0 saturated carbocycles. The highest BCUT2D eigenvalue weighted by Crippen LogP contribution is 2.25. The molecular formula is C20H19N3O3. The number of hydrogen-bond donors (Lipinski definition) is 2. The second kappa shape index (κ2) is 7.23. The number of nitrogens with zero attached hydrogens (tertiary/aromatic N) is 2. The molecule has 0 atom stereocenters. The number of carbonyl (C=O) groups excluding carboxylic acids is 1. The standard InChI is InChI=1S/C20H19N3O3/c1-21-19(25)17-18(24)20(26)23(2)16(22-17)12-14-10-6-7-11-15(14)13-8-4-3-5-9-13/h3-11,24H,12H2,1-2H3,(H,21,25). The fourth-order valence-electron chi connectivity index (χ4n) is 2.81. The molecule has 1 aromatic heterocycles. The lowest BCUT2D eigenvalue weighted by molar-refractivity contribution is 0.0954. The Hall–Kier alpha value is -3.41. The van der Waals surface area contributed by atoms with E-state index in [9.17, 15) is 14.7 Å². The van der Waals surface area contributed by atoms with Gasteiger partial charge in [0.1, 0.15) is 5.82 Å². The molecule has 0 unspecified atom stereocenters. The number of aromatic hydroxyl groups is 1. The molecule has 0 aliphatic heterocycles. The van der Waals surface area contributed by atoms with Crippen molar-refractivity contribution >= 4 is 5.91 Å². The summed E-state index contributed by atoms with van der Waals surface area (Å²) in [6, 6.07) is 17.7. The van der Waals surface area contributed by atoms with Gasteiger partial charge >= 0.3 is 0 Å². The fourth-order valence-corrected chi connectivity index (χ4v) is 2.81. The van der Waals surface area contributed by atoms with Crippen LogP contribution in [0.25, 0.3) is 11.1 Å². The first-order chi connectivity index (χ1) is 12.5. The monoisotopic (exact) mass is 349 g/mol. The molecule has 1 heterocycles. The minimum atomic E-state index is -0.647. The molecule has 0 spiro atoms. The van der Waals surface area contributed by atoms with E-state index in [-0.39, 0.29) is 5.69 Å². The zero-order valence-corrected chi connectivity index (χ0v) is 14.6. The van der Waals surface area contributed by atoms with Gasteiger partial charge in [-0.1, -0.05) is 54.6 Å². The van der Waals surface area contributed by atoms with Crippen LogP contribution >= 0.6 is 0 Å². The van der Waals surface area contributed by atoms with Crippen LogP contribution in [0.3, 0.4) is 0 Å². The summed E-state index contributed by atoms with van der Waals surface area (Å²) in [5, 5.41) is 12.3. The topological polar surface area (TPSA) is 84.2 Å². The van der Waals surface area contributed by atoms with Gasteiger partial charge in [0.25, 0.3) is 11.5 Å². The smallest absolute Gasteiger partial charge is 0.296 e. The van der Waals surface area contributed by atoms with Crippen molar-refractivity contribution in [3.05, 3.63) is 82.0 Å². The molecule has 26 heavy (non-hydrogen) atoms. The maximum absolute atomic E-state index is 12.3. The normalized spacial score (nSPS) is 10.5. The Morgan fingerprint density at radius 1 is 1.12 bits per heavy atom. The predicted octanol–water partition coefficient (Wildman–Crippen LogP) is 2.10. The number of nitrogens with one attached hydrogen (secondary N) is 1. The summed E-state index contributed by atoms with van der Waals surface area (Å²) in [6.45, 7) is 0. The van der Waals surface area contributed by atoms with E-state index in [1.54, 1.807) is 0 Å². The van der Waals surface area contributed by atoms with E-state index < -0.39 is 17.2 Å². The van der Waals surface area contributed by atoms with Gasteiger partial charge in [-0.05, 0) is 16.7 Å². The van der Waals surface area contributed by atoms with Crippen molar-refractivity contribution in [3.63, 3.8) is 0 Å². The first-order valence-electron chi connectivity index (χ1n) is 8.17. The highest BCUT2D eigenvalue weighted by atomic mass is 16.3. The molecule has 0 radical (unpaired) electrons. The first kappa shape index (κ1) is 17.4. The van der Waals surface area contributed by atoms with Crippen molar-refractivity contribution in [2.24, 2.45) is 7.05 Å². The van der Waals surface area contributed by atoms with Crippen molar-refractivity contribution < 1.29 is 9.90 Å². The third-order valence-corrected chi connectivity index (χ3v) is 4.25. The molecule has 3 rings (SSSR count). The van der Waals surface area contributed by atoms with Gasteiger partial charge in [0, 0.05) is 20.5 Å². The minimum absolute atomic E-state index is 0.261. The number of rotatable bonds is 4. The molecular weight excluding hydrogens is 330 g/mol. The fraction of sp³-hybridized carbons (Fsp3) is 0.150. The van der Waals surface area contributed by atoms with Gasteiger partial charge in [-0.15, -0.1) is 0 Å². The van der Waals surface area contributed by atoms with E-state index in [1.165, 1.54) is 18.7 Å². The molecule has 0 bridgehead atoms. The van der Waals surface area contributed by atoms with E-state index in [2.05, 4.69) is 10.3 Å². The van der Waals surface area contributed by atoms with Gasteiger partial charge in [-0.25, -0.2) is 4.98 Å². The largest absolute Gasteiger partial charge is 0.501 e. The summed E-state index contributed by atoms with van der Waals surface area (Å²) >= 11 is 0. The van der Waals surface area contributed by atoms with Crippen LogP contribution in [0.5, 0.6) is 5.75 Å². The van der Waals surface area contributed by atoms with Gasteiger partial charge in [0.15, 0.2) is 5.69 Å². The number of aromatic nitrogens is 2. The lowest BCUT2D eigenvalue weighted by Gasteiger charge is -2.13. The van der Waals surface area contributed by atoms with Crippen LogP contribution in [0.1, 0.15) is 21.9 Å². The van der Waals surface area contributed by atoms with Crippen LogP contribution in [0.2, 0.25) is 0 Å². The number of amides is 1. The average molecular weight is 349 g/mol. The lowest BCUT2D eigenvalue weighted by Crippen LogP contribution is -2.28. The second-order valence-electron chi connectivity index (χ2n) is 5.87. The lowest BCUT2D eigenvalue weighted by atomic mass is 9.97. The summed E-state index contributed by atoms with van der Waals surface area (Å²) in [4.78, 5) is 28.4. The molecule has 2 aromatic carbocycles. The van der Waals surface area contributed by atoms with Crippen LogP contribution in [0, 0.1) is 0 Å². The van der Waals surface area contributed by atoms with Crippen LogP contribution in [0.4, 0.5) is 0 Å². The molecule has 0 saturated heterocycles. The Bertz CT molecular complexity index is 1010. The van der Waals surface area contributed by atoms with Gasteiger partial charge in [-0.2, -0.15) is 0 Å². The molecule has 0 aliphatic rings. The Labute approximate surface area is 150 Å². The first-order valence-corrected chi connectivity index (χ1v) is 8.17. The Morgan fingerprint density at radius 2 is 1.77 bits per heavy atom. The summed E-state index contributed by atoms with van der Waals surface area (Å²) < 4.78 is 1.27. The highest BCUT2D eigenvalue weighted by molar-refractivity contribution is 5.94. The van der Waals surface area contributed by atoms with Gasteiger partial charge in [-0.3, -0.25) is 14.2 Å². The van der Waals surface area contributed by atoms with Gasteiger partial charge in [0.2, 0.25) is 5.75 Å². The van der Waals surface area contributed by atoms with Crippen LogP contribution < -0.4 is 10.9 Å². The summed E-state index contributed by atoms with van der Waals surface area (Å²) in [5.41, 5.74) is 2.14. The Kier molecular flexibility index (Phi) is 4.84. The second-order valence-corrected chi connectivity index (χ2v) is 5.87. The van der Waals surface area contributed by atoms with Crippen LogP contribution in [-0.2, 0) is 13.5 Å². The summed E-state index contributed by atoms with van der Waals surface area (Å²) in [7, 11) is 2.95. The Balaban J connectivity index is 2.10. The van der Waals surface area contributed by atoms with Crippen molar-refractivity contribution in [2.45, 2.75) is 6.42 Å². The molecule has 132 valence electrons. The SMILES string of the molecule is CNC(=O)c1nc(Cc2ccccc2-c2ccccc2)n(C)c(=O)c1O. The van der Waals surface area contributed by atoms with Crippen molar-refractivity contribution in [2.75, 3.05) is 7.05 Å². The maximum atomic E-state index is 12.3. The van der Waals surface area contributed by atoms with E-state index >= 15 is 0 Å². The minimum Gasteiger partial charge on any atom is -0.501 e. The zero-order chi connectivity index (χ0) is 18.7. The average Bonchev–Trinajstić information content (AvgIpc) is 2.69. The van der Waals surface area contributed by atoms with E-state index in [0.29, 0.717) is 12.2 Å². The van der Waals surface area contributed by atoms with Crippen molar-refractivity contribution in [1.29, 1.82) is 0 Å². The third-order valence-electron chi connectivity index (χ3n) is 4.25. The molecule has 6 heteroatoms. The summed E-state index contributed by atoms with van der Waals surface area (Å²) in [5.74, 6) is -0.848. The van der Waals surface area contributed by atoms with E-state index in [4.69, 9.17) is 0 Å². The van der Waals surface area contributed by atoms with E-state index in [1.807, 2.05) is 54.6 Å². The molecule has 0 fully saturated rings. The van der Waals surface area contributed by atoms with Gasteiger partial charge < -0.3 is 10.4 Å². The van der Waals surface area contributed by atoms with Crippen molar-refractivity contribution in [3.8, 4) is 16.9 Å². The molecule has 1 amide bonds. The number of carbonyl (C=O) groups is 1. The quantitative estimate of drug-likeness (QED) is 0.755. The number of benzene rings is 2.